The van der Waals surface area contributed by atoms with E-state index < -0.39 is 42.3 Å². The van der Waals surface area contributed by atoms with Gasteiger partial charge >= 0.3 is 6.09 Å². The van der Waals surface area contributed by atoms with Crippen LogP contribution >= 0.6 is 0 Å². The predicted molar refractivity (Wildman–Crippen MR) is 162 cm³/mol. The standard InChI is InChI=1S/C31H45N3O8/c1-8-12-33-26-21-13-17(2)14-25(41-7)27(36)19(4)15-20(5)29(42-31(32)39)24(40-6)11-9-10-18(3)30(38)34-22(28(21)37)16-23(26)35/h8-11,15-17,19,24-25,27,29,33,35-37H,1,12-14H2,2-7H3,(H2,32,39)(H,34,38)/b11-9-,18-10+,20-15+/t17-,19+,24+,25?,27-,29+/m1/s1. The molecular formula is C31H45N3O8. The summed E-state index contributed by atoms with van der Waals surface area (Å²) < 4.78 is 16.6. The van der Waals surface area contributed by atoms with E-state index in [0.29, 0.717) is 41.8 Å². The summed E-state index contributed by atoms with van der Waals surface area (Å²) >= 11 is 0. The number of nitrogens with two attached hydrogens (primary N) is 1. The molecule has 1 unspecified atom stereocenters. The second-order valence-electron chi connectivity index (χ2n) is 10.6. The van der Waals surface area contributed by atoms with Crippen molar-refractivity contribution in [3.63, 3.8) is 0 Å². The van der Waals surface area contributed by atoms with Gasteiger partial charge < -0.3 is 45.9 Å². The van der Waals surface area contributed by atoms with Crippen LogP contribution in [0.3, 0.4) is 0 Å². The Kier molecular flexibility index (Phi) is 13.1. The number of methoxy groups -OCH3 is 2. The number of ether oxygens (including phenoxy) is 3. The van der Waals surface area contributed by atoms with Crippen LogP contribution in [0.1, 0.15) is 39.7 Å². The van der Waals surface area contributed by atoms with Crippen molar-refractivity contribution in [1.29, 1.82) is 0 Å². The van der Waals surface area contributed by atoms with Crippen LogP contribution in [0.2, 0.25) is 0 Å². The molecule has 1 heterocycles. The highest BCUT2D eigenvalue weighted by Crippen LogP contribution is 2.42. The zero-order valence-electron chi connectivity index (χ0n) is 25.2. The van der Waals surface area contributed by atoms with Gasteiger partial charge in [-0.25, -0.2) is 4.79 Å². The highest BCUT2D eigenvalue weighted by molar-refractivity contribution is 6.04. The number of hydrogen-bond donors (Lipinski definition) is 6. The number of benzene rings is 1. The number of aliphatic hydroxyl groups is 1. The average molecular weight is 588 g/mol. The summed E-state index contributed by atoms with van der Waals surface area (Å²) in [6, 6.07) is 1.28. The van der Waals surface area contributed by atoms with Gasteiger partial charge in [0, 0.05) is 43.9 Å². The third kappa shape index (κ3) is 9.10. The summed E-state index contributed by atoms with van der Waals surface area (Å²) in [6.45, 7) is 11.1. The normalized spacial score (nSPS) is 29.3. The topological polar surface area (TPSA) is 173 Å². The van der Waals surface area contributed by atoms with Crippen LogP contribution in [0.5, 0.6) is 11.5 Å². The highest BCUT2D eigenvalue weighted by Gasteiger charge is 2.30. The molecule has 232 valence electrons. The third-order valence-electron chi connectivity index (χ3n) is 7.25. The molecule has 1 aromatic rings. The van der Waals surface area contributed by atoms with Crippen molar-refractivity contribution in [3.05, 3.63) is 59.7 Å². The molecule has 1 aliphatic rings. The van der Waals surface area contributed by atoms with Gasteiger partial charge in [-0.1, -0.05) is 44.2 Å². The number of fused-ring (bicyclic) bond motifs is 2. The Hall–Kier alpha value is -3.80. The Labute approximate surface area is 247 Å². The lowest BCUT2D eigenvalue weighted by Gasteiger charge is -2.29. The van der Waals surface area contributed by atoms with Crippen LogP contribution in [0.4, 0.5) is 16.2 Å². The molecule has 0 fully saturated rings. The third-order valence-corrected chi connectivity index (χ3v) is 7.25. The van der Waals surface area contributed by atoms with Gasteiger partial charge in [-0.3, -0.25) is 4.79 Å². The molecule has 0 saturated heterocycles. The maximum atomic E-state index is 13.0. The lowest BCUT2D eigenvalue weighted by molar-refractivity contribution is -0.112. The average Bonchev–Trinajstić information content (AvgIpc) is 2.94. The number of anilines is 2. The Morgan fingerprint density at radius 2 is 1.93 bits per heavy atom. The van der Waals surface area contributed by atoms with Crippen LogP contribution in [0.25, 0.3) is 0 Å². The molecule has 2 rings (SSSR count). The molecule has 11 heteroatoms. The molecule has 11 nitrogen and oxygen atoms in total. The van der Waals surface area contributed by atoms with E-state index in [-0.39, 0.29) is 23.1 Å². The first-order valence-electron chi connectivity index (χ1n) is 13.8. The summed E-state index contributed by atoms with van der Waals surface area (Å²) in [6.07, 6.45) is 4.64. The fraction of sp³-hybridized carbons (Fsp3) is 0.484. The van der Waals surface area contributed by atoms with Gasteiger partial charge in [0.15, 0.2) is 6.10 Å². The number of rotatable bonds is 6. The Balaban J connectivity index is 2.67. The number of carbonyl (C=O) groups excluding carboxylic acids is 2. The molecule has 0 spiro atoms. The van der Waals surface area contributed by atoms with Gasteiger partial charge in [0.2, 0.25) is 0 Å². The van der Waals surface area contributed by atoms with Gasteiger partial charge in [0.05, 0.1) is 23.6 Å². The summed E-state index contributed by atoms with van der Waals surface area (Å²) in [5.74, 6) is -1.41. The van der Waals surface area contributed by atoms with E-state index in [0.717, 1.165) is 0 Å². The number of nitrogens with one attached hydrogen (secondary N) is 2. The van der Waals surface area contributed by atoms with E-state index in [1.165, 1.54) is 26.4 Å². The smallest absolute Gasteiger partial charge is 0.405 e. The van der Waals surface area contributed by atoms with Gasteiger partial charge in [-0.2, -0.15) is 0 Å². The number of phenols is 2. The van der Waals surface area contributed by atoms with Crippen molar-refractivity contribution in [2.75, 3.05) is 31.4 Å². The maximum Gasteiger partial charge on any atom is 0.405 e. The molecule has 0 saturated carbocycles. The zero-order chi connectivity index (χ0) is 31.6. The molecule has 0 aliphatic carbocycles. The van der Waals surface area contributed by atoms with E-state index in [4.69, 9.17) is 19.9 Å². The van der Waals surface area contributed by atoms with Crippen LogP contribution in [0.15, 0.2) is 54.2 Å². The SMILES string of the molecule is C=CCNc1c(O)cc2c(O)c1C[C@@H](C)CC(OC)[C@H](O)[C@@H](C)/C=C(\C)[C@H](OC(N)=O)[C@@H](OC)/C=C\C=C(/C)C(=O)N2. The molecule has 7 N–H and O–H groups in total. The van der Waals surface area contributed by atoms with Gasteiger partial charge in [0.1, 0.15) is 17.6 Å². The lowest BCUT2D eigenvalue weighted by Crippen LogP contribution is -2.37. The maximum absolute atomic E-state index is 13.0. The second-order valence-corrected chi connectivity index (χ2v) is 10.6. The van der Waals surface area contributed by atoms with Crippen molar-refractivity contribution in [2.24, 2.45) is 17.6 Å². The van der Waals surface area contributed by atoms with E-state index in [1.807, 2.05) is 13.8 Å². The minimum Gasteiger partial charge on any atom is -0.506 e. The number of hydrogen-bond acceptors (Lipinski definition) is 9. The fourth-order valence-corrected chi connectivity index (χ4v) is 4.98. The van der Waals surface area contributed by atoms with Crippen molar-refractivity contribution in [2.45, 2.75) is 65.0 Å². The lowest BCUT2D eigenvalue weighted by atomic mass is 9.87. The van der Waals surface area contributed by atoms with Gasteiger partial charge in [0.25, 0.3) is 5.91 Å². The van der Waals surface area contributed by atoms with Crippen LogP contribution < -0.4 is 16.4 Å². The largest absolute Gasteiger partial charge is 0.506 e. The quantitative estimate of drug-likeness (QED) is 0.162. The van der Waals surface area contributed by atoms with Crippen molar-refractivity contribution in [1.82, 2.24) is 0 Å². The number of phenolic OH excluding ortho intramolecular Hbond substituents is 2. The predicted octanol–water partition coefficient (Wildman–Crippen LogP) is 4.16. The molecule has 2 amide bonds. The molecule has 2 bridgehead atoms. The Morgan fingerprint density at radius 1 is 1.24 bits per heavy atom. The first-order valence-corrected chi connectivity index (χ1v) is 13.8. The van der Waals surface area contributed by atoms with Crippen LogP contribution in [-0.2, 0) is 25.4 Å². The summed E-state index contributed by atoms with van der Waals surface area (Å²) in [5.41, 5.74) is 7.01. The molecule has 1 aliphatic heterocycles. The van der Waals surface area contributed by atoms with E-state index in [2.05, 4.69) is 17.2 Å². The first kappa shape index (κ1) is 34.4. The number of aromatic hydroxyl groups is 2. The van der Waals surface area contributed by atoms with Crippen LogP contribution in [0, 0.1) is 11.8 Å². The molecule has 42 heavy (non-hydrogen) atoms. The number of aliphatic hydroxyl groups excluding tert-OH is 1. The van der Waals surface area contributed by atoms with Gasteiger partial charge in [-0.15, -0.1) is 6.58 Å². The minimum absolute atomic E-state index is 0.0416. The summed E-state index contributed by atoms with van der Waals surface area (Å²) in [4.78, 5) is 24.7. The Morgan fingerprint density at radius 3 is 2.52 bits per heavy atom. The van der Waals surface area contributed by atoms with E-state index in [9.17, 15) is 24.9 Å². The molecular weight excluding hydrogens is 542 g/mol. The van der Waals surface area contributed by atoms with Crippen molar-refractivity contribution >= 4 is 23.4 Å². The van der Waals surface area contributed by atoms with Crippen molar-refractivity contribution < 1.29 is 39.1 Å². The summed E-state index contributed by atoms with van der Waals surface area (Å²) in [5, 5.41) is 39.1. The number of amides is 2. The second kappa shape index (κ2) is 16.0. The number of carbonyl (C=O) groups is 2. The number of primary amides is 1. The van der Waals surface area contributed by atoms with E-state index in [1.54, 1.807) is 38.2 Å². The molecule has 1 aromatic carbocycles. The first-order chi connectivity index (χ1) is 19.8. The fourth-order valence-electron chi connectivity index (χ4n) is 4.98. The molecule has 0 radical (unpaired) electrons. The number of allylic oxidation sites excluding steroid dienone is 2. The van der Waals surface area contributed by atoms with E-state index >= 15 is 0 Å². The molecule has 6 atom stereocenters. The van der Waals surface area contributed by atoms with Crippen molar-refractivity contribution in [3.8, 4) is 11.5 Å². The zero-order valence-corrected chi connectivity index (χ0v) is 25.2. The highest BCUT2D eigenvalue weighted by atomic mass is 16.6. The van der Waals surface area contributed by atoms with Crippen LogP contribution in [-0.4, -0.2) is 72.5 Å². The summed E-state index contributed by atoms with van der Waals surface area (Å²) in [7, 11) is 2.95. The monoisotopic (exact) mass is 587 g/mol. The molecule has 0 aromatic heterocycles. The Bertz CT molecular complexity index is 1210. The minimum atomic E-state index is -0.990. The van der Waals surface area contributed by atoms with Gasteiger partial charge in [-0.05, 0) is 38.2 Å².